The lowest BCUT2D eigenvalue weighted by molar-refractivity contribution is -0.146. The highest BCUT2D eigenvalue weighted by Crippen LogP contribution is 2.32. The lowest BCUT2D eigenvalue weighted by Gasteiger charge is -2.12. The molecule has 0 bridgehead atoms. The van der Waals surface area contributed by atoms with E-state index in [4.69, 9.17) is 0 Å². The predicted molar refractivity (Wildman–Crippen MR) is 67.7 cm³/mol. The summed E-state index contributed by atoms with van der Waals surface area (Å²) in [6.45, 7) is 0. The Balaban J connectivity index is 2.54. The summed E-state index contributed by atoms with van der Waals surface area (Å²) in [6.07, 6.45) is -1.93. The third-order valence-corrected chi connectivity index (χ3v) is 2.81. The quantitative estimate of drug-likeness (QED) is 0.789. The number of rotatable bonds is 3. The van der Waals surface area contributed by atoms with E-state index in [1.807, 2.05) is 0 Å². The van der Waals surface area contributed by atoms with Gasteiger partial charge in [0.15, 0.2) is 0 Å². The molecule has 19 heavy (non-hydrogen) atoms. The number of esters is 1. The van der Waals surface area contributed by atoms with Crippen LogP contribution in [0.3, 0.4) is 0 Å². The van der Waals surface area contributed by atoms with E-state index in [9.17, 15) is 13.6 Å². The topological polar surface area (TPSA) is 26.3 Å². The summed E-state index contributed by atoms with van der Waals surface area (Å²) in [7, 11) is 1.11. The number of halogens is 2. The minimum Gasteiger partial charge on any atom is -0.467 e. The average molecular weight is 262 g/mol. The highest BCUT2D eigenvalue weighted by Gasteiger charge is 2.24. The monoisotopic (exact) mass is 262 g/mol. The molecule has 2 nitrogen and oxygen atoms in total. The number of methoxy groups -OCH3 is 1. The van der Waals surface area contributed by atoms with E-state index in [-0.39, 0.29) is 11.1 Å². The molecule has 4 heteroatoms. The van der Waals surface area contributed by atoms with E-state index in [1.54, 1.807) is 30.3 Å². The molecule has 98 valence electrons. The predicted octanol–water partition coefficient (Wildman–Crippen LogP) is 3.68. The van der Waals surface area contributed by atoms with Gasteiger partial charge in [-0.05, 0) is 11.6 Å². The smallest absolute Gasteiger partial charge is 0.345 e. The summed E-state index contributed by atoms with van der Waals surface area (Å²) in [5.74, 6) is -1.46. The van der Waals surface area contributed by atoms with Crippen LogP contribution in [0, 0.1) is 5.82 Å². The van der Waals surface area contributed by atoms with Crippen molar-refractivity contribution >= 4 is 5.97 Å². The maximum atomic E-state index is 14.0. The van der Waals surface area contributed by atoms with E-state index < -0.39 is 18.0 Å². The highest BCUT2D eigenvalue weighted by molar-refractivity contribution is 5.81. The lowest BCUT2D eigenvalue weighted by Crippen LogP contribution is -2.10. The third kappa shape index (κ3) is 2.62. The zero-order valence-corrected chi connectivity index (χ0v) is 10.3. The van der Waals surface area contributed by atoms with Gasteiger partial charge in [0.05, 0.1) is 7.11 Å². The van der Waals surface area contributed by atoms with Crippen LogP contribution in [0.5, 0.6) is 0 Å². The van der Waals surface area contributed by atoms with Crippen molar-refractivity contribution in [1.82, 2.24) is 0 Å². The van der Waals surface area contributed by atoms with Gasteiger partial charge >= 0.3 is 5.97 Å². The Labute approximate surface area is 109 Å². The molecule has 0 aliphatic heterocycles. The van der Waals surface area contributed by atoms with Gasteiger partial charge in [0.25, 0.3) is 0 Å². The van der Waals surface area contributed by atoms with Gasteiger partial charge in [-0.15, -0.1) is 0 Å². The van der Waals surface area contributed by atoms with Crippen molar-refractivity contribution in [1.29, 1.82) is 0 Å². The first-order valence-corrected chi connectivity index (χ1v) is 5.71. The molecule has 1 atom stereocenters. The molecule has 0 aromatic heterocycles. The summed E-state index contributed by atoms with van der Waals surface area (Å²) >= 11 is 0. The molecule has 2 rings (SSSR count). The fourth-order valence-corrected chi connectivity index (χ4v) is 1.87. The van der Waals surface area contributed by atoms with Crippen molar-refractivity contribution in [2.45, 2.75) is 6.17 Å². The van der Waals surface area contributed by atoms with Crippen molar-refractivity contribution in [3.8, 4) is 11.1 Å². The van der Waals surface area contributed by atoms with Crippen LogP contribution in [-0.4, -0.2) is 13.1 Å². The van der Waals surface area contributed by atoms with Gasteiger partial charge in [0, 0.05) is 11.1 Å². The first kappa shape index (κ1) is 13.2. The molecule has 0 N–H and O–H groups in total. The van der Waals surface area contributed by atoms with Gasteiger partial charge in [0.1, 0.15) is 5.82 Å². The first-order chi connectivity index (χ1) is 9.15. The Morgan fingerprint density at radius 1 is 1.05 bits per heavy atom. The number of carbonyl (C=O) groups is 1. The number of ether oxygens (including phenoxy) is 1. The standard InChI is InChI=1S/C15H12F2O2/c1-19-15(18)14(17)12-8-3-2-6-10(12)11-7-4-5-9-13(11)16/h2-9,14H,1H3. The molecule has 0 saturated heterocycles. The van der Waals surface area contributed by atoms with E-state index in [0.29, 0.717) is 5.56 Å². The molecule has 0 aliphatic carbocycles. The fraction of sp³-hybridized carbons (Fsp3) is 0.133. The summed E-state index contributed by atoms with van der Waals surface area (Å²) in [5, 5.41) is 0. The second-order valence-corrected chi connectivity index (χ2v) is 3.95. The van der Waals surface area contributed by atoms with Crippen molar-refractivity contribution in [2.75, 3.05) is 7.11 Å². The van der Waals surface area contributed by atoms with Crippen LogP contribution in [0.2, 0.25) is 0 Å². The van der Waals surface area contributed by atoms with E-state index in [1.165, 1.54) is 18.2 Å². The van der Waals surface area contributed by atoms with Gasteiger partial charge in [-0.1, -0.05) is 42.5 Å². The first-order valence-electron chi connectivity index (χ1n) is 5.71. The van der Waals surface area contributed by atoms with Crippen LogP contribution in [0.4, 0.5) is 8.78 Å². The second kappa shape index (κ2) is 5.61. The summed E-state index contributed by atoms with van der Waals surface area (Å²) in [5.41, 5.74) is 0.697. The van der Waals surface area contributed by atoms with E-state index in [0.717, 1.165) is 7.11 Å². The highest BCUT2D eigenvalue weighted by atomic mass is 19.1. The largest absolute Gasteiger partial charge is 0.467 e. The average Bonchev–Trinajstić information content (AvgIpc) is 2.46. The number of hydrogen-bond acceptors (Lipinski definition) is 2. The van der Waals surface area contributed by atoms with E-state index in [2.05, 4.69) is 4.74 Å². The third-order valence-electron chi connectivity index (χ3n) is 2.81. The number of alkyl halides is 1. The van der Waals surface area contributed by atoms with Crippen LogP contribution < -0.4 is 0 Å². The summed E-state index contributed by atoms with van der Waals surface area (Å²) < 4.78 is 32.2. The molecule has 0 fully saturated rings. The fourth-order valence-electron chi connectivity index (χ4n) is 1.87. The molecule has 0 amide bonds. The van der Waals surface area contributed by atoms with Crippen molar-refractivity contribution in [2.24, 2.45) is 0 Å². The Bertz CT molecular complexity index is 596. The van der Waals surface area contributed by atoms with Crippen molar-refractivity contribution in [3.63, 3.8) is 0 Å². The Hall–Kier alpha value is -2.23. The molecule has 0 heterocycles. The molecule has 0 aliphatic rings. The molecule has 2 aromatic rings. The van der Waals surface area contributed by atoms with Crippen molar-refractivity contribution < 1.29 is 18.3 Å². The van der Waals surface area contributed by atoms with Crippen LogP contribution in [0.1, 0.15) is 11.7 Å². The van der Waals surface area contributed by atoms with Gasteiger partial charge < -0.3 is 4.74 Å². The molecule has 1 unspecified atom stereocenters. The SMILES string of the molecule is COC(=O)C(F)c1ccccc1-c1ccccc1F. The summed E-state index contributed by atoms with van der Waals surface area (Å²) in [6, 6.07) is 12.3. The van der Waals surface area contributed by atoms with Gasteiger partial charge in [0.2, 0.25) is 6.17 Å². The maximum absolute atomic E-state index is 14.0. The van der Waals surface area contributed by atoms with Crippen LogP contribution in [0.15, 0.2) is 48.5 Å². The lowest BCUT2D eigenvalue weighted by atomic mass is 9.96. The number of hydrogen-bond donors (Lipinski definition) is 0. The zero-order chi connectivity index (χ0) is 13.8. The minimum atomic E-state index is -1.93. The van der Waals surface area contributed by atoms with E-state index >= 15 is 0 Å². The van der Waals surface area contributed by atoms with Crippen LogP contribution >= 0.6 is 0 Å². The van der Waals surface area contributed by atoms with Gasteiger partial charge in [-0.2, -0.15) is 0 Å². The molecule has 0 radical (unpaired) electrons. The zero-order valence-electron chi connectivity index (χ0n) is 10.3. The number of carbonyl (C=O) groups excluding carboxylic acids is 1. The maximum Gasteiger partial charge on any atom is 0.345 e. The molecule has 0 saturated carbocycles. The van der Waals surface area contributed by atoms with Crippen LogP contribution in [-0.2, 0) is 9.53 Å². The van der Waals surface area contributed by atoms with Gasteiger partial charge in [-0.25, -0.2) is 13.6 Å². The Morgan fingerprint density at radius 3 is 2.26 bits per heavy atom. The minimum absolute atomic E-state index is 0.0967. The van der Waals surface area contributed by atoms with Crippen molar-refractivity contribution in [3.05, 3.63) is 59.9 Å². The number of benzene rings is 2. The normalized spacial score (nSPS) is 11.9. The Morgan fingerprint density at radius 2 is 1.63 bits per heavy atom. The molecular weight excluding hydrogens is 250 g/mol. The molecular formula is C15H12F2O2. The summed E-state index contributed by atoms with van der Waals surface area (Å²) in [4.78, 5) is 11.3. The van der Waals surface area contributed by atoms with Crippen LogP contribution in [0.25, 0.3) is 11.1 Å². The van der Waals surface area contributed by atoms with Gasteiger partial charge in [-0.3, -0.25) is 0 Å². The Kier molecular flexibility index (Phi) is 3.90. The second-order valence-electron chi connectivity index (χ2n) is 3.95. The molecule has 0 spiro atoms. The molecule has 2 aromatic carbocycles.